The van der Waals surface area contributed by atoms with E-state index in [1.807, 2.05) is 13.0 Å². The van der Waals surface area contributed by atoms with E-state index in [-0.39, 0.29) is 5.69 Å². The number of aromatic nitrogens is 4. The minimum Gasteiger partial charge on any atom is -0.346 e. The van der Waals surface area contributed by atoms with Gasteiger partial charge >= 0.3 is 6.18 Å². The Labute approximate surface area is 158 Å². The molecular weight excluding hydrogens is 367 g/mol. The van der Waals surface area contributed by atoms with Crippen LogP contribution in [0.1, 0.15) is 23.7 Å². The zero-order chi connectivity index (χ0) is 19.9. The second kappa shape index (κ2) is 6.53. The number of rotatable bonds is 3. The Kier molecular flexibility index (Phi) is 4.15. The largest absolute Gasteiger partial charge is 0.416 e. The normalized spacial score (nSPS) is 11.7. The number of aryl methyl sites for hydroxylation is 1. The third kappa shape index (κ3) is 2.91. The SMILES string of the molecule is CCc1ccc(C(F)(F)F)cc1-n1cc(-c2ncnc3[nH]ccc23)cc1C#N. The third-order valence-corrected chi connectivity index (χ3v) is 4.61. The maximum atomic E-state index is 13.2. The van der Waals surface area contributed by atoms with Crippen molar-refractivity contribution < 1.29 is 13.2 Å². The number of H-pyrrole nitrogens is 1. The van der Waals surface area contributed by atoms with Crippen molar-refractivity contribution in [2.45, 2.75) is 19.5 Å². The Morgan fingerprint density at radius 3 is 2.71 bits per heavy atom. The predicted octanol–water partition coefficient (Wildman–Crippen LogP) is 4.87. The average molecular weight is 381 g/mol. The van der Waals surface area contributed by atoms with Crippen LogP contribution in [0.25, 0.3) is 28.0 Å². The molecule has 3 heterocycles. The van der Waals surface area contributed by atoms with Gasteiger partial charge in [-0.25, -0.2) is 9.97 Å². The van der Waals surface area contributed by atoms with Gasteiger partial charge in [-0.3, -0.25) is 0 Å². The minimum absolute atomic E-state index is 0.228. The average Bonchev–Trinajstić information content (AvgIpc) is 3.33. The molecule has 0 atom stereocenters. The standard InChI is InChI=1S/C20H14F3N5/c1-2-12-3-4-14(20(21,22)23)8-17(12)28-10-13(7-15(28)9-24)18-16-5-6-25-19(16)27-11-26-18/h3-8,10-11H,2H2,1H3,(H,25,26,27). The minimum atomic E-state index is -4.46. The quantitative estimate of drug-likeness (QED) is 0.550. The smallest absolute Gasteiger partial charge is 0.346 e. The zero-order valence-electron chi connectivity index (χ0n) is 14.7. The summed E-state index contributed by atoms with van der Waals surface area (Å²) in [5, 5.41) is 10.3. The van der Waals surface area contributed by atoms with Gasteiger partial charge in [-0.2, -0.15) is 18.4 Å². The maximum Gasteiger partial charge on any atom is 0.416 e. The summed E-state index contributed by atoms with van der Waals surface area (Å²) < 4.78 is 41.1. The van der Waals surface area contributed by atoms with E-state index in [9.17, 15) is 18.4 Å². The molecule has 0 radical (unpaired) electrons. The van der Waals surface area contributed by atoms with E-state index >= 15 is 0 Å². The predicted molar refractivity (Wildman–Crippen MR) is 97.7 cm³/mol. The highest BCUT2D eigenvalue weighted by molar-refractivity contribution is 5.90. The lowest BCUT2D eigenvalue weighted by Gasteiger charge is -2.14. The monoisotopic (exact) mass is 381 g/mol. The highest BCUT2D eigenvalue weighted by atomic mass is 19.4. The van der Waals surface area contributed by atoms with Crippen LogP contribution in [0.4, 0.5) is 13.2 Å². The van der Waals surface area contributed by atoms with Crippen LogP contribution >= 0.6 is 0 Å². The number of alkyl halides is 3. The summed E-state index contributed by atoms with van der Waals surface area (Å²) >= 11 is 0. The van der Waals surface area contributed by atoms with Crippen molar-refractivity contribution in [3.63, 3.8) is 0 Å². The van der Waals surface area contributed by atoms with E-state index in [0.29, 0.717) is 34.6 Å². The Balaban J connectivity index is 1.93. The maximum absolute atomic E-state index is 13.2. The van der Waals surface area contributed by atoms with E-state index in [0.717, 1.165) is 17.5 Å². The van der Waals surface area contributed by atoms with Crippen molar-refractivity contribution in [3.05, 3.63) is 65.9 Å². The van der Waals surface area contributed by atoms with E-state index in [2.05, 4.69) is 21.0 Å². The number of hydrogen-bond acceptors (Lipinski definition) is 3. The summed E-state index contributed by atoms with van der Waals surface area (Å²) in [6.07, 6.45) is 0.837. The molecule has 0 saturated heterocycles. The fourth-order valence-corrected chi connectivity index (χ4v) is 3.24. The molecule has 4 rings (SSSR count). The lowest BCUT2D eigenvalue weighted by molar-refractivity contribution is -0.137. The fourth-order valence-electron chi connectivity index (χ4n) is 3.24. The Morgan fingerprint density at radius 1 is 1.18 bits per heavy atom. The lowest BCUT2D eigenvalue weighted by atomic mass is 10.1. The number of benzene rings is 1. The number of nitrogens with zero attached hydrogens (tertiary/aromatic N) is 4. The van der Waals surface area contributed by atoms with Crippen LogP contribution in [0.2, 0.25) is 0 Å². The van der Waals surface area contributed by atoms with Gasteiger partial charge in [0.2, 0.25) is 0 Å². The summed E-state index contributed by atoms with van der Waals surface area (Å²) in [7, 11) is 0. The van der Waals surface area contributed by atoms with Crippen LogP contribution in [-0.2, 0) is 12.6 Å². The van der Waals surface area contributed by atoms with Crippen molar-refractivity contribution >= 4 is 11.0 Å². The van der Waals surface area contributed by atoms with Crippen molar-refractivity contribution in [2.75, 3.05) is 0 Å². The van der Waals surface area contributed by atoms with Gasteiger partial charge in [-0.1, -0.05) is 13.0 Å². The molecule has 1 aromatic carbocycles. The highest BCUT2D eigenvalue weighted by Crippen LogP contribution is 2.34. The molecule has 0 bridgehead atoms. The van der Waals surface area contributed by atoms with Crippen molar-refractivity contribution in [3.8, 4) is 23.0 Å². The van der Waals surface area contributed by atoms with Gasteiger partial charge in [0.05, 0.1) is 16.9 Å². The van der Waals surface area contributed by atoms with Gasteiger partial charge in [0, 0.05) is 23.3 Å². The number of aromatic amines is 1. The molecule has 28 heavy (non-hydrogen) atoms. The van der Waals surface area contributed by atoms with Crippen LogP contribution in [-0.4, -0.2) is 19.5 Å². The summed E-state index contributed by atoms with van der Waals surface area (Å²) in [4.78, 5) is 11.4. The molecule has 0 unspecified atom stereocenters. The molecule has 140 valence electrons. The Bertz CT molecular complexity index is 1210. The fraction of sp³-hybridized carbons (Fsp3) is 0.150. The molecule has 0 aliphatic heterocycles. The van der Waals surface area contributed by atoms with E-state index in [1.54, 1.807) is 18.5 Å². The van der Waals surface area contributed by atoms with Crippen LogP contribution in [0, 0.1) is 11.3 Å². The van der Waals surface area contributed by atoms with Gasteiger partial charge in [0.25, 0.3) is 0 Å². The first-order valence-corrected chi connectivity index (χ1v) is 8.53. The molecular formula is C20H14F3N5. The molecule has 4 aromatic rings. The topological polar surface area (TPSA) is 70.3 Å². The van der Waals surface area contributed by atoms with Crippen molar-refractivity contribution in [1.82, 2.24) is 19.5 Å². The first-order valence-electron chi connectivity index (χ1n) is 8.53. The lowest BCUT2D eigenvalue weighted by Crippen LogP contribution is -2.08. The molecule has 0 aliphatic rings. The number of nitrogens with one attached hydrogen (secondary N) is 1. The molecule has 0 spiro atoms. The van der Waals surface area contributed by atoms with Crippen molar-refractivity contribution in [2.24, 2.45) is 0 Å². The van der Waals surface area contributed by atoms with Gasteiger partial charge in [0.15, 0.2) is 0 Å². The van der Waals surface area contributed by atoms with Crippen LogP contribution < -0.4 is 0 Å². The first kappa shape index (κ1) is 17.8. The number of hydrogen-bond donors (Lipinski definition) is 1. The highest BCUT2D eigenvalue weighted by Gasteiger charge is 2.31. The van der Waals surface area contributed by atoms with E-state index in [1.165, 1.54) is 17.0 Å². The summed E-state index contributed by atoms with van der Waals surface area (Å²) in [6.45, 7) is 1.86. The van der Waals surface area contributed by atoms with Crippen LogP contribution in [0.15, 0.2) is 49.1 Å². The van der Waals surface area contributed by atoms with Crippen LogP contribution in [0.3, 0.4) is 0 Å². The van der Waals surface area contributed by atoms with Gasteiger partial charge in [-0.15, -0.1) is 0 Å². The van der Waals surface area contributed by atoms with E-state index in [4.69, 9.17) is 0 Å². The van der Waals surface area contributed by atoms with Crippen LogP contribution in [0.5, 0.6) is 0 Å². The third-order valence-electron chi connectivity index (χ3n) is 4.61. The molecule has 1 N–H and O–H groups in total. The summed E-state index contributed by atoms with van der Waals surface area (Å²) in [5.41, 5.74) is 2.39. The second-order valence-corrected chi connectivity index (χ2v) is 6.25. The molecule has 0 fully saturated rings. The molecule has 0 aliphatic carbocycles. The molecule has 0 amide bonds. The Hall–Kier alpha value is -3.60. The van der Waals surface area contributed by atoms with Crippen molar-refractivity contribution in [1.29, 1.82) is 5.26 Å². The summed E-state index contributed by atoms with van der Waals surface area (Å²) in [5.74, 6) is 0. The summed E-state index contributed by atoms with van der Waals surface area (Å²) in [6, 6.07) is 9.09. The number of fused-ring (bicyclic) bond motifs is 1. The molecule has 3 aromatic heterocycles. The number of halogens is 3. The number of nitriles is 1. The van der Waals surface area contributed by atoms with Gasteiger partial charge in [-0.05, 0) is 36.2 Å². The van der Waals surface area contributed by atoms with Gasteiger partial charge in [0.1, 0.15) is 23.7 Å². The van der Waals surface area contributed by atoms with E-state index < -0.39 is 11.7 Å². The Morgan fingerprint density at radius 2 is 2.00 bits per heavy atom. The second-order valence-electron chi connectivity index (χ2n) is 6.25. The molecule has 8 heteroatoms. The molecule has 5 nitrogen and oxygen atoms in total. The molecule has 0 saturated carbocycles. The van der Waals surface area contributed by atoms with Gasteiger partial charge < -0.3 is 9.55 Å². The zero-order valence-corrected chi connectivity index (χ0v) is 14.7. The first-order chi connectivity index (χ1) is 13.4.